The van der Waals surface area contributed by atoms with E-state index in [1.807, 2.05) is 0 Å². The van der Waals surface area contributed by atoms with E-state index in [-0.39, 0.29) is 24.3 Å². The molecule has 0 aromatic carbocycles. The molecular weight excluding hydrogens is 276 g/mol. The maximum Gasteiger partial charge on any atom is 0.322 e. The number of ether oxygens (including phenoxy) is 1. The molecule has 0 unspecified atom stereocenters. The van der Waals surface area contributed by atoms with Gasteiger partial charge in [0.15, 0.2) is 0 Å². The van der Waals surface area contributed by atoms with Crippen molar-refractivity contribution in [3.63, 3.8) is 0 Å². The van der Waals surface area contributed by atoms with E-state index in [0.717, 1.165) is 16.7 Å². The van der Waals surface area contributed by atoms with Crippen molar-refractivity contribution in [3.05, 3.63) is 5.89 Å². The Morgan fingerprint density at radius 3 is 3.22 bits per heavy atom. The van der Waals surface area contributed by atoms with Crippen LogP contribution in [0.25, 0.3) is 0 Å². The van der Waals surface area contributed by atoms with Crippen LogP contribution in [0.4, 0.5) is 6.01 Å². The molecule has 1 aliphatic rings. The number of rotatable bonds is 5. The van der Waals surface area contributed by atoms with Gasteiger partial charge in [0.05, 0.1) is 12.3 Å². The SMILES string of the molecule is COCc1nnc(NC(=O)CSC2=NCCS2)o1. The zero-order valence-corrected chi connectivity index (χ0v) is 11.3. The summed E-state index contributed by atoms with van der Waals surface area (Å²) in [6.45, 7) is 1.06. The molecule has 98 valence electrons. The molecule has 1 amide bonds. The molecule has 2 heterocycles. The molecule has 1 aromatic rings. The van der Waals surface area contributed by atoms with Crippen molar-refractivity contribution in [2.45, 2.75) is 6.61 Å². The second kappa shape index (κ2) is 6.76. The van der Waals surface area contributed by atoms with E-state index in [1.165, 1.54) is 18.9 Å². The third-order valence-corrected chi connectivity index (χ3v) is 4.12. The molecule has 0 aliphatic carbocycles. The second-order valence-electron chi connectivity index (χ2n) is 3.27. The highest BCUT2D eigenvalue weighted by molar-refractivity contribution is 8.39. The Hall–Kier alpha value is -1.06. The number of nitrogens with one attached hydrogen (secondary N) is 1. The molecule has 0 bridgehead atoms. The van der Waals surface area contributed by atoms with Gasteiger partial charge in [-0.15, -0.1) is 5.10 Å². The first-order chi connectivity index (χ1) is 8.78. The van der Waals surface area contributed by atoms with Crippen LogP contribution < -0.4 is 5.32 Å². The van der Waals surface area contributed by atoms with Gasteiger partial charge in [0, 0.05) is 12.9 Å². The Balaban J connectivity index is 1.75. The standard InChI is InChI=1S/C9H12N4O3S2/c1-15-4-7-12-13-8(16-7)11-6(14)5-18-9-10-2-3-17-9/h2-5H2,1H3,(H,11,13,14). The fourth-order valence-electron chi connectivity index (χ4n) is 1.17. The van der Waals surface area contributed by atoms with Crippen LogP contribution in [0.1, 0.15) is 5.89 Å². The lowest BCUT2D eigenvalue weighted by Crippen LogP contribution is -2.14. The Morgan fingerprint density at radius 2 is 2.50 bits per heavy atom. The van der Waals surface area contributed by atoms with E-state index >= 15 is 0 Å². The average Bonchev–Trinajstić information content (AvgIpc) is 2.99. The summed E-state index contributed by atoms with van der Waals surface area (Å²) in [7, 11) is 1.53. The maximum absolute atomic E-state index is 11.6. The third-order valence-electron chi connectivity index (χ3n) is 1.87. The lowest BCUT2D eigenvalue weighted by Gasteiger charge is -1.99. The molecule has 2 rings (SSSR count). The molecular formula is C9H12N4O3S2. The predicted octanol–water partition coefficient (Wildman–Crippen LogP) is 0.990. The van der Waals surface area contributed by atoms with Gasteiger partial charge in [-0.25, -0.2) is 0 Å². The number of hydrogen-bond donors (Lipinski definition) is 1. The van der Waals surface area contributed by atoms with Crippen molar-refractivity contribution >= 4 is 39.8 Å². The molecule has 0 saturated heterocycles. The van der Waals surface area contributed by atoms with E-state index in [9.17, 15) is 4.79 Å². The summed E-state index contributed by atoms with van der Waals surface area (Å²) in [5.74, 6) is 1.42. The molecule has 1 aliphatic heterocycles. The first kappa shape index (κ1) is 13.4. The molecule has 7 nitrogen and oxygen atoms in total. The highest BCUT2D eigenvalue weighted by atomic mass is 32.2. The summed E-state index contributed by atoms with van der Waals surface area (Å²) < 4.78 is 10.9. The van der Waals surface area contributed by atoms with Crippen LogP contribution in [0, 0.1) is 0 Å². The van der Waals surface area contributed by atoms with Crippen LogP contribution in [0.5, 0.6) is 0 Å². The number of carbonyl (C=O) groups is 1. The van der Waals surface area contributed by atoms with E-state index in [1.54, 1.807) is 11.8 Å². The summed E-state index contributed by atoms with van der Waals surface area (Å²) in [6.07, 6.45) is 0. The number of anilines is 1. The highest BCUT2D eigenvalue weighted by Gasteiger charge is 2.13. The van der Waals surface area contributed by atoms with Gasteiger partial charge < -0.3 is 9.15 Å². The molecule has 0 atom stereocenters. The number of aromatic nitrogens is 2. The van der Waals surface area contributed by atoms with Crippen molar-refractivity contribution in [1.29, 1.82) is 0 Å². The van der Waals surface area contributed by atoms with Crippen molar-refractivity contribution in [2.24, 2.45) is 4.99 Å². The number of aliphatic imine (C=N–C) groups is 1. The zero-order chi connectivity index (χ0) is 12.8. The van der Waals surface area contributed by atoms with Crippen LogP contribution in [-0.4, -0.2) is 45.6 Å². The lowest BCUT2D eigenvalue weighted by molar-refractivity contribution is -0.113. The van der Waals surface area contributed by atoms with Gasteiger partial charge in [-0.1, -0.05) is 28.6 Å². The Bertz CT molecular complexity index is 449. The molecule has 0 spiro atoms. The van der Waals surface area contributed by atoms with E-state index in [4.69, 9.17) is 9.15 Å². The maximum atomic E-state index is 11.6. The molecule has 0 fully saturated rings. The zero-order valence-electron chi connectivity index (χ0n) is 9.71. The summed E-state index contributed by atoms with van der Waals surface area (Å²) in [5, 5.41) is 9.91. The van der Waals surface area contributed by atoms with E-state index in [0.29, 0.717) is 5.89 Å². The van der Waals surface area contributed by atoms with Gasteiger partial charge in [-0.05, 0) is 0 Å². The fraction of sp³-hybridized carbons (Fsp3) is 0.556. The van der Waals surface area contributed by atoms with Gasteiger partial charge in [0.25, 0.3) is 0 Å². The van der Waals surface area contributed by atoms with Crippen LogP contribution in [0.15, 0.2) is 9.41 Å². The molecule has 1 aromatic heterocycles. The van der Waals surface area contributed by atoms with Gasteiger partial charge >= 0.3 is 6.01 Å². The summed E-state index contributed by atoms with van der Waals surface area (Å²) >= 11 is 3.08. The quantitative estimate of drug-likeness (QED) is 0.864. The van der Waals surface area contributed by atoms with Crippen molar-refractivity contribution in [3.8, 4) is 0 Å². The number of nitrogens with zero attached hydrogens (tertiary/aromatic N) is 3. The van der Waals surface area contributed by atoms with Gasteiger partial charge in [0.2, 0.25) is 11.8 Å². The van der Waals surface area contributed by atoms with Crippen LogP contribution >= 0.6 is 23.5 Å². The van der Waals surface area contributed by atoms with Crippen LogP contribution in [-0.2, 0) is 16.1 Å². The minimum Gasteiger partial charge on any atom is -0.405 e. The smallest absolute Gasteiger partial charge is 0.322 e. The minimum absolute atomic E-state index is 0.0914. The summed E-state index contributed by atoms with van der Waals surface area (Å²) in [6, 6.07) is 0.0914. The molecule has 9 heteroatoms. The van der Waals surface area contributed by atoms with Gasteiger partial charge in [-0.3, -0.25) is 15.1 Å². The topological polar surface area (TPSA) is 89.6 Å². The minimum atomic E-state index is -0.192. The Labute approximate surface area is 112 Å². The first-order valence-corrected chi connectivity index (χ1v) is 7.16. The summed E-state index contributed by atoms with van der Waals surface area (Å²) in [5.41, 5.74) is 0. The van der Waals surface area contributed by atoms with Gasteiger partial charge in [0.1, 0.15) is 11.0 Å². The van der Waals surface area contributed by atoms with E-state index in [2.05, 4.69) is 20.5 Å². The molecule has 1 N–H and O–H groups in total. The molecule has 0 saturated carbocycles. The van der Waals surface area contributed by atoms with Crippen molar-refractivity contribution in [2.75, 3.05) is 30.5 Å². The number of amides is 1. The molecule has 0 radical (unpaired) electrons. The monoisotopic (exact) mass is 288 g/mol. The Morgan fingerprint density at radius 1 is 1.61 bits per heavy atom. The van der Waals surface area contributed by atoms with Crippen molar-refractivity contribution < 1.29 is 13.9 Å². The number of methoxy groups -OCH3 is 1. The number of carbonyl (C=O) groups excluding carboxylic acids is 1. The highest BCUT2D eigenvalue weighted by Crippen LogP contribution is 2.21. The van der Waals surface area contributed by atoms with Crippen LogP contribution in [0.3, 0.4) is 0 Å². The van der Waals surface area contributed by atoms with Gasteiger partial charge in [-0.2, -0.15) is 0 Å². The fourth-order valence-corrected chi connectivity index (χ4v) is 2.98. The Kier molecular flexibility index (Phi) is 5.02. The normalized spacial score (nSPS) is 14.6. The van der Waals surface area contributed by atoms with E-state index < -0.39 is 0 Å². The predicted molar refractivity (Wildman–Crippen MR) is 70.9 cm³/mol. The second-order valence-corrected chi connectivity index (χ2v) is 5.57. The van der Waals surface area contributed by atoms with Crippen LogP contribution in [0.2, 0.25) is 0 Å². The van der Waals surface area contributed by atoms with Crippen molar-refractivity contribution in [1.82, 2.24) is 10.2 Å². The first-order valence-electron chi connectivity index (χ1n) is 5.19. The molecule has 18 heavy (non-hydrogen) atoms. The lowest BCUT2D eigenvalue weighted by atomic mass is 10.7. The number of hydrogen-bond acceptors (Lipinski definition) is 8. The number of thioether (sulfide) groups is 2. The average molecular weight is 288 g/mol. The summed E-state index contributed by atoms with van der Waals surface area (Å²) in [4.78, 5) is 15.8. The largest absolute Gasteiger partial charge is 0.405 e. The third kappa shape index (κ3) is 4.00.